The normalized spacial score (nSPS) is 11.5. The summed E-state index contributed by atoms with van der Waals surface area (Å²) in [5.41, 5.74) is 1.11. The molecule has 26 heavy (non-hydrogen) atoms. The van der Waals surface area contributed by atoms with E-state index in [-0.39, 0.29) is 21.4 Å². The van der Waals surface area contributed by atoms with Crippen molar-refractivity contribution in [3.05, 3.63) is 58.0 Å². The van der Waals surface area contributed by atoms with Crippen LogP contribution in [0, 0.1) is 6.92 Å². The summed E-state index contributed by atoms with van der Waals surface area (Å²) in [5.74, 6) is -0.612. The van der Waals surface area contributed by atoms with Crippen LogP contribution in [0.3, 0.4) is 0 Å². The Balaban J connectivity index is 1.95. The SMILES string of the molecule is COc1ccc(Cl)c(S(=O)(=O)NC(=O)c2cn3cc(C)cc(Cl)c3n2)c1. The highest BCUT2D eigenvalue weighted by Crippen LogP contribution is 2.26. The monoisotopic (exact) mass is 413 g/mol. The standard InChI is InChI=1S/C16H13Cl2N3O4S/c1-9-5-12(18)15-19-13(8-21(15)7-9)16(22)20-26(23,24)14-6-10(25-2)3-4-11(14)17/h3-8H,1-2H3,(H,20,22). The first kappa shape index (κ1) is 18.5. The fourth-order valence-corrected chi connectivity index (χ4v) is 4.13. The summed E-state index contributed by atoms with van der Waals surface area (Å²) in [4.78, 5) is 16.2. The number of fused-ring (bicyclic) bond motifs is 1. The smallest absolute Gasteiger partial charge is 0.285 e. The molecule has 0 unspecified atom stereocenters. The fourth-order valence-electron chi connectivity index (χ4n) is 2.35. The number of benzene rings is 1. The highest BCUT2D eigenvalue weighted by Gasteiger charge is 2.24. The topological polar surface area (TPSA) is 89.8 Å². The second-order valence-corrected chi connectivity index (χ2v) is 7.92. The van der Waals surface area contributed by atoms with Gasteiger partial charge in [-0.3, -0.25) is 4.79 Å². The van der Waals surface area contributed by atoms with Crippen molar-refractivity contribution in [2.75, 3.05) is 7.11 Å². The van der Waals surface area contributed by atoms with E-state index >= 15 is 0 Å². The number of carbonyl (C=O) groups excluding carboxylic acids is 1. The van der Waals surface area contributed by atoms with Crippen molar-refractivity contribution in [3.63, 3.8) is 0 Å². The Labute approximate surface area is 159 Å². The van der Waals surface area contributed by atoms with Gasteiger partial charge in [0.25, 0.3) is 15.9 Å². The van der Waals surface area contributed by atoms with E-state index in [1.807, 2.05) is 11.6 Å². The van der Waals surface area contributed by atoms with Gasteiger partial charge in [0.2, 0.25) is 0 Å². The number of aromatic nitrogens is 2. The molecule has 1 amide bonds. The van der Waals surface area contributed by atoms with E-state index in [4.69, 9.17) is 27.9 Å². The molecule has 0 aliphatic carbocycles. The van der Waals surface area contributed by atoms with Gasteiger partial charge in [-0.05, 0) is 30.7 Å². The molecule has 3 aromatic rings. The number of imidazole rings is 1. The third-order valence-electron chi connectivity index (χ3n) is 3.53. The number of ether oxygens (including phenoxy) is 1. The maximum Gasteiger partial charge on any atom is 0.285 e. The molecule has 3 rings (SSSR count). The quantitative estimate of drug-likeness (QED) is 0.709. The number of nitrogens with zero attached hydrogens (tertiary/aromatic N) is 2. The molecule has 10 heteroatoms. The van der Waals surface area contributed by atoms with Crippen LogP contribution in [0.15, 0.2) is 41.6 Å². The number of hydrogen-bond donors (Lipinski definition) is 1. The van der Waals surface area contributed by atoms with Crippen LogP contribution in [0.5, 0.6) is 5.75 Å². The Morgan fingerprint density at radius 1 is 1.19 bits per heavy atom. The second-order valence-electron chi connectivity index (χ2n) is 5.45. The summed E-state index contributed by atoms with van der Waals surface area (Å²) >= 11 is 12.0. The van der Waals surface area contributed by atoms with Crippen LogP contribution in [0.25, 0.3) is 5.65 Å². The minimum Gasteiger partial charge on any atom is -0.497 e. The highest BCUT2D eigenvalue weighted by atomic mass is 35.5. The Morgan fingerprint density at radius 3 is 2.62 bits per heavy atom. The molecule has 0 bridgehead atoms. The minimum absolute atomic E-state index is 0.0419. The van der Waals surface area contributed by atoms with Gasteiger partial charge in [-0.15, -0.1) is 0 Å². The molecule has 0 radical (unpaired) electrons. The number of hydrogen-bond acceptors (Lipinski definition) is 5. The Morgan fingerprint density at radius 2 is 1.92 bits per heavy atom. The van der Waals surface area contributed by atoms with E-state index in [9.17, 15) is 13.2 Å². The Bertz CT molecular complexity index is 1130. The fraction of sp³-hybridized carbons (Fsp3) is 0.125. The molecule has 0 saturated heterocycles. The molecule has 2 heterocycles. The minimum atomic E-state index is -4.22. The molecule has 0 aliphatic rings. The van der Waals surface area contributed by atoms with E-state index in [2.05, 4.69) is 4.98 Å². The summed E-state index contributed by atoms with van der Waals surface area (Å²) in [7, 11) is -2.83. The van der Waals surface area contributed by atoms with Crippen LogP contribution in [0.1, 0.15) is 16.1 Å². The summed E-state index contributed by atoms with van der Waals surface area (Å²) in [6.45, 7) is 1.83. The zero-order valence-corrected chi connectivity index (χ0v) is 16.0. The van der Waals surface area contributed by atoms with Gasteiger partial charge in [-0.2, -0.15) is 0 Å². The van der Waals surface area contributed by atoms with Gasteiger partial charge in [0.05, 0.1) is 17.2 Å². The maximum atomic E-state index is 12.5. The van der Waals surface area contributed by atoms with Crippen molar-refractivity contribution in [3.8, 4) is 5.75 Å². The lowest BCUT2D eigenvalue weighted by atomic mass is 10.3. The van der Waals surface area contributed by atoms with Crippen LogP contribution in [0.2, 0.25) is 10.0 Å². The third-order valence-corrected chi connectivity index (χ3v) is 5.62. The summed E-state index contributed by atoms with van der Waals surface area (Å²) in [6.07, 6.45) is 3.12. The van der Waals surface area contributed by atoms with E-state index in [0.29, 0.717) is 10.7 Å². The second kappa shape index (κ2) is 6.79. The number of sulfonamides is 1. The van der Waals surface area contributed by atoms with Crippen LogP contribution >= 0.6 is 23.2 Å². The molecule has 1 aromatic carbocycles. The molecule has 0 spiro atoms. The number of carbonyl (C=O) groups is 1. The van der Waals surface area contributed by atoms with Gasteiger partial charge < -0.3 is 9.14 Å². The van der Waals surface area contributed by atoms with Crippen molar-refractivity contribution in [2.45, 2.75) is 11.8 Å². The van der Waals surface area contributed by atoms with E-state index in [0.717, 1.165) is 5.56 Å². The molecular weight excluding hydrogens is 401 g/mol. The average Bonchev–Trinajstić information content (AvgIpc) is 2.99. The Kier molecular flexibility index (Phi) is 4.83. The van der Waals surface area contributed by atoms with E-state index in [1.54, 1.807) is 16.7 Å². The van der Waals surface area contributed by atoms with E-state index < -0.39 is 15.9 Å². The summed E-state index contributed by atoms with van der Waals surface area (Å²) in [6, 6.07) is 5.79. The van der Waals surface area contributed by atoms with Crippen molar-refractivity contribution in [1.29, 1.82) is 0 Å². The number of nitrogens with one attached hydrogen (secondary N) is 1. The summed E-state index contributed by atoms with van der Waals surface area (Å²) < 4.78 is 33.5. The molecule has 7 nitrogen and oxygen atoms in total. The predicted molar refractivity (Wildman–Crippen MR) is 97.6 cm³/mol. The molecule has 0 atom stereocenters. The molecule has 136 valence electrons. The number of rotatable bonds is 4. The molecule has 0 aliphatic heterocycles. The zero-order valence-electron chi connectivity index (χ0n) is 13.7. The summed E-state index contributed by atoms with van der Waals surface area (Å²) in [5, 5.41) is 0.308. The number of amides is 1. The van der Waals surface area contributed by atoms with Crippen molar-refractivity contribution < 1.29 is 17.9 Å². The first-order valence-electron chi connectivity index (χ1n) is 7.27. The van der Waals surface area contributed by atoms with Crippen LogP contribution in [-0.4, -0.2) is 30.8 Å². The molecule has 0 fully saturated rings. The molecule has 1 N–H and O–H groups in total. The molecular formula is C16H13Cl2N3O4S. The number of pyridine rings is 1. The first-order valence-corrected chi connectivity index (χ1v) is 9.51. The first-order chi connectivity index (χ1) is 12.2. The third kappa shape index (κ3) is 3.48. The molecule has 0 saturated carbocycles. The van der Waals surface area contributed by atoms with Crippen molar-refractivity contribution in [1.82, 2.24) is 14.1 Å². The zero-order chi connectivity index (χ0) is 19.1. The lowest BCUT2D eigenvalue weighted by Crippen LogP contribution is -2.31. The van der Waals surface area contributed by atoms with Gasteiger partial charge in [0.1, 0.15) is 16.3 Å². The van der Waals surface area contributed by atoms with Gasteiger partial charge in [-0.1, -0.05) is 23.2 Å². The molecule has 2 aromatic heterocycles. The van der Waals surface area contributed by atoms with E-state index in [1.165, 1.54) is 31.5 Å². The van der Waals surface area contributed by atoms with Crippen LogP contribution in [-0.2, 0) is 10.0 Å². The maximum absolute atomic E-state index is 12.5. The van der Waals surface area contributed by atoms with Gasteiger partial charge >= 0.3 is 0 Å². The number of aryl methyl sites for hydroxylation is 1. The number of methoxy groups -OCH3 is 1. The Hall–Kier alpha value is -2.29. The van der Waals surface area contributed by atoms with Crippen LogP contribution in [0.4, 0.5) is 0 Å². The predicted octanol–water partition coefficient (Wildman–Crippen LogP) is 3.08. The van der Waals surface area contributed by atoms with Crippen molar-refractivity contribution in [2.24, 2.45) is 0 Å². The average molecular weight is 414 g/mol. The number of halogens is 2. The van der Waals surface area contributed by atoms with Crippen molar-refractivity contribution >= 4 is 44.8 Å². The lowest BCUT2D eigenvalue weighted by Gasteiger charge is -2.09. The van der Waals surface area contributed by atoms with Gasteiger partial charge in [-0.25, -0.2) is 18.1 Å². The lowest BCUT2D eigenvalue weighted by molar-refractivity contribution is 0.0977. The largest absolute Gasteiger partial charge is 0.497 e. The van der Waals surface area contributed by atoms with Gasteiger partial charge in [0.15, 0.2) is 5.65 Å². The van der Waals surface area contributed by atoms with Crippen LogP contribution < -0.4 is 9.46 Å². The highest BCUT2D eigenvalue weighted by molar-refractivity contribution is 7.90. The van der Waals surface area contributed by atoms with Gasteiger partial charge in [0, 0.05) is 18.5 Å².